The maximum Gasteiger partial charge on any atom is 0.460 e. The Balaban J connectivity index is 1.37. The Morgan fingerprint density at radius 3 is 0.782 bits per heavy atom. The van der Waals surface area contributed by atoms with Gasteiger partial charge in [-0.1, -0.05) is 0 Å². The topological polar surface area (TPSA) is 104 Å². The number of nitrogens with zero attached hydrogens (tertiary/aromatic N) is 8. The van der Waals surface area contributed by atoms with Crippen LogP contribution in [0.1, 0.15) is 11.6 Å². The van der Waals surface area contributed by atoms with E-state index in [0.717, 1.165) is 24.3 Å². The summed E-state index contributed by atoms with van der Waals surface area (Å²) in [5.41, 5.74) is -3.02. The van der Waals surface area contributed by atoms with Crippen LogP contribution in [0.2, 0.25) is 0 Å². The molecule has 0 radical (unpaired) electrons. The molecule has 0 atom stereocenters. The van der Waals surface area contributed by atoms with Gasteiger partial charge in [-0.25, -0.2) is 38.2 Å². The summed E-state index contributed by atoms with van der Waals surface area (Å²) in [5, 5.41) is -0.822. The molecule has 12 nitrogen and oxygen atoms in total. The second-order valence-electron chi connectivity index (χ2n) is 18.2. The van der Waals surface area contributed by atoms with Crippen molar-refractivity contribution >= 4 is 65.2 Å². The molecule has 398 valence electrons. The van der Waals surface area contributed by atoms with Crippen molar-refractivity contribution in [3.63, 3.8) is 0 Å². The highest BCUT2D eigenvalue weighted by Gasteiger charge is 2.76. The van der Waals surface area contributed by atoms with Gasteiger partial charge in [0.2, 0.25) is 36.4 Å². The smallest absolute Gasteiger partial charge is 0.449 e. The Labute approximate surface area is 427 Å². The van der Waals surface area contributed by atoms with Crippen molar-refractivity contribution in [1.82, 2.24) is 19.9 Å². The first-order chi connectivity index (χ1) is 36.6. The van der Waals surface area contributed by atoms with Crippen LogP contribution >= 0.6 is 0 Å². The first-order valence-electron chi connectivity index (χ1n) is 22.7. The number of alkyl halides is 14. The van der Waals surface area contributed by atoms with Gasteiger partial charge in [-0.05, 0) is 70.1 Å². The van der Waals surface area contributed by atoms with Crippen LogP contribution in [-0.2, 0) is 40.0 Å². The molecule has 78 heavy (non-hydrogen) atoms. The first-order valence-corrected chi connectivity index (χ1v) is 22.7. The molecule has 11 rings (SSSR count). The SMILES string of the molecule is C[n+]1cccc(Oc2cc3c4cc(Oc5ccc[n+](C)c5)c5nc(C(F)(F)C(F)(F)C(F)(F)F)nc6c(Oc7ccc[n+](C)c7)cc(c7cc(Oc8ccc[n+](C)c8)c8nc(C(F)(F)C(F)(F)C(F)(F)F)nc2c8c37)c4c56)c1. The largest absolute Gasteiger partial charge is 0.460 e. The van der Waals surface area contributed by atoms with E-state index in [2.05, 4.69) is 19.9 Å². The van der Waals surface area contributed by atoms with Crippen LogP contribution in [0.3, 0.4) is 0 Å². The number of aryl methyl sites for hydroxylation is 4. The lowest BCUT2D eigenvalue weighted by Crippen LogP contribution is -2.50. The Morgan fingerprint density at radius 1 is 0.346 bits per heavy atom. The summed E-state index contributed by atoms with van der Waals surface area (Å²) in [6.45, 7) is 0. The molecular formula is C52H32F14N8O4+4. The number of hydrogen-bond acceptors (Lipinski definition) is 8. The predicted octanol–water partition coefficient (Wildman–Crippen LogP) is 12.1. The van der Waals surface area contributed by atoms with Gasteiger partial charge in [0.25, 0.3) is 0 Å². The number of pyridine rings is 4. The molecule has 6 aromatic heterocycles. The Bertz CT molecular complexity index is 3750. The monoisotopic (exact) mass is 1100 g/mol. The van der Waals surface area contributed by atoms with Gasteiger partial charge in [-0.15, -0.1) is 0 Å². The molecule has 0 saturated heterocycles. The van der Waals surface area contributed by atoms with Crippen molar-refractivity contribution in [1.29, 1.82) is 0 Å². The third-order valence-corrected chi connectivity index (χ3v) is 12.6. The van der Waals surface area contributed by atoms with Crippen LogP contribution in [0.25, 0.3) is 65.2 Å². The second-order valence-corrected chi connectivity index (χ2v) is 18.2. The van der Waals surface area contributed by atoms with E-state index < -0.39 is 92.8 Å². The molecule has 0 fully saturated rings. The van der Waals surface area contributed by atoms with E-state index >= 15 is 35.1 Å². The molecular weight excluding hydrogens is 1070 g/mol. The van der Waals surface area contributed by atoms with E-state index in [4.69, 9.17) is 18.9 Å². The van der Waals surface area contributed by atoms with Crippen LogP contribution in [0.15, 0.2) is 122 Å². The van der Waals surface area contributed by atoms with Crippen LogP contribution in [0.4, 0.5) is 61.5 Å². The van der Waals surface area contributed by atoms with Gasteiger partial charge >= 0.3 is 36.0 Å². The van der Waals surface area contributed by atoms with Gasteiger partial charge in [-0.3, -0.25) is 0 Å². The fraction of sp³-hybridized carbons (Fsp3) is 0.192. The summed E-state index contributed by atoms with van der Waals surface area (Å²) in [5.74, 6) is -33.0. The number of ether oxygens (including phenoxy) is 4. The lowest BCUT2D eigenvalue weighted by molar-refractivity contribution is -0.671. The minimum Gasteiger partial charge on any atom is -0.449 e. The van der Waals surface area contributed by atoms with Crippen LogP contribution in [0.5, 0.6) is 46.0 Å². The van der Waals surface area contributed by atoms with Crippen molar-refractivity contribution < 1.29 is 98.7 Å². The number of halogens is 14. The highest BCUT2D eigenvalue weighted by Crippen LogP contribution is 2.57. The molecule has 26 heteroatoms. The van der Waals surface area contributed by atoms with Gasteiger partial charge in [0.15, 0.2) is 70.8 Å². The van der Waals surface area contributed by atoms with Crippen molar-refractivity contribution in [3.05, 3.63) is 134 Å². The van der Waals surface area contributed by atoms with Gasteiger partial charge < -0.3 is 18.9 Å². The van der Waals surface area contributed by atoms with Gasteiger partial charge in [0, 0.05) is 45.8 Å². The normalized spacial score (nSPS) is 13.3. The predicted molar refractivity (Wildman–Crippen MR) is 246 cm³/mol. The lowest BCUT2D eigenvalue weighted by atomic mass is 9.87. The third kappa shape index (κ3) is 8.04. The highest BCUT2D eigenvalue weighted by atomic mass is 19.4. The van der Waals surface area contributed by atoms with Crippen LogP contribution in [-0.4, -0.2) is 44.1 Å². The van der Waals surface area contributed by atoms with E-state index in [1.165, 1.54) is 91.6 Å². The number of hydrogen-bond donors (Lipinski definition) is 0. The van der Waals surface area contributed by atoms with E-state index in [-0.39, 0.29) is 66.1 Å². The second kappa shape index (κ2) is 17.3. The minimum absolute atomic E-state index is 0.0138. The molecule has 0 saturated carbocycles. The molecule has 5 aromatic carbocycles. The molecule has 0 aliphatic carbocycles. The van der Waals surface area contributed by atoms with Crippen LogP contribution in [0, 0.1) is 0 Å². The standard InChI is InChI=1S/C52H32F14N8O4/c1-71-13-5-9-25(21-71)75-33-17-29-30-18-35(77-27-11-7-15-73(3)23-27)43-40-38(30)32(20-36(78-28-12-8-16-74(4)24-28)44(40)70-46(69-43)48(55,56)50(59,60)52(64,65)66)31-19-34(76-26-10-6-14-72(2)22-26)42-39(37(29)31)41(33)67-45(68-42)47(53,54)49(57,58)51(61,62)63/h5-24H,1-4H3/q+4. The average Bonchev–Trinajstić information content (AvgIpc) is 3.52. The summed E-state index contributed by atoms with van der Waals surface area (Å²) in [7, 11) is 6.25. The number of fused-ring (bicyclic) bond motifs is 2. The Morgan fingerprint density at radius 2 is 0.577 bits per heavy atom. The molecule has 0 spiro atoms. The zero-order valence-corrected chi connectivity index (χ0v) is 40.0. The highest BCUT2D eigenvalue weighted by molar-refractivity contribution is 6.40. The number of aromatic nitrogens is 8. The van der Waals surface area contributed by atoms with Crippen molar-refractivity contribution in [3.8, 4) is 46.0 Å². The van der Waals surface area contributed by atoms with Gasteiger partial charge in [0.05, 0.1) is 0 Å². The molecule has 0 unspecified atom stereocenters. The lowest BCUT2D eigenvalue weighted by Gasteiger charge is -2.28. The van der Waals surface area contributed by atoms with Crippen molar-refractivity contribution in [2.24, 2.45) is 28.2 Å². The number of benzene rings is 5. The Hall–Kier alpha value is -8.84. The molecule has 0 aliphatic rings. The molecule has 11 aromatic rings. The van der Waals surface area contributed by atoms with Gasteiger partial charge in [-0.2, -0.15) is 61.5 Å². The fourth-order valence-electron chi connectivity index (χ4n) is 9.09. The zero-order valence-electron chi connectivity index (χ0n) is 40.0. The van der Waals surface area contributed by atoms with Crippen molar-refractivity contribution in [2.45, 2.75) is 36.0 Å². The average molecular weight is 1100 g/mol. The molecule has 0 bridgehead atoms. The summed E-state index contributed by atoms with van der Waals surface area (Å²) < 4.78 is 240. The third-order valence-electron chi connectivity index (χ3n) is 12.6. The summed E-state index contributed by atoms with van der Waals surface area (Å²) in [6.07, 6.45) is -1.90. The molecule has 0 aliphatic heterocycles. The Kier molecular flexibility index (Phi) is 11.4. The van der Waals surface area contributed by atoms with E-state index in [9.17, 15) is 26.3 Å². The van der Waals surface area contributed by atoms with E-state index in [1.54, 1.807) is 53.0 Å². The number of rotatable bonds is 12. The van der Waals surface area contributed by atoms with Gasteiger partial charge in [0.1, 0.15) is 50.3 Å². The molecule has 0 N–H and O–H groups in total. The quantitative estimate of drug-likeness (QED) is 0.0516. The van der Waals surface area contributed by atoms with Crippen molar-refractivity contribution in [2.75, 3.05) is 0 Å². The zero-order chi connectivity index (χ0) is 55.8. The first kappa shape index (κ1) is 51.3. The maximum atomic E-state index is 16.1. The summed E-state index contributed by atoms with van der Waals surface area (Å²) in [4.78, 5) is 15.0. The molecule has 0 amide bonds. The summed E-state index contributed by atoms with van der Waals surface area (Å²) in [6, 6.07) is 16.1. The fourth-order valence-corrected chi connectivity index (χ4v) is 9.09. The van der Waals surface area contributed by atoms with Crippen LogP contribution < -0.4 is 37.2 Å². The molecule has 6 heterocycles. The maximum absolute atomic E-state index is 16.1. The minimum atomic E-state index is -6.84. The van der Waals surface area contributed by atoms with E-state index in [0.29, 0.717) is 0 Å². The van der Waals surface area contributed by atoms with E-state index in [1.807, 2.05) is 0 Å². The summed E-state index contributed by atoms with van der Waals surface area (Å²) >= 11 is 0.